The number of hydrogen-bond acceptors (Lipinski definition) is 4. The first-order chi connectivity index (χ1) is 7.97. The molecule has 0 radical (unpaired) electrons. The van der Waals surface area contributed by atoms with Gasteiger partial charge in [-0.15, -0.1) is 12.3 Å². The zero-order chi connectivity index (χ0) is 13.3. The summed E-state index contributed by atoms with van der Waals surface area (Å²) < 4.78 is 4.43. The summed E-state index contributed by atoms with van der Waals surface area (Å²) in [5, 5.41) is 11.1. The number of terminal acetylenes is 1. The molecule has 0 bridgehead atoms. The maximum absolute atomic E-state index is 11.2. The van der Waals surface area contributed by atoms with Gasteiger partial charge in [0.15, 0.2) is 6.61 Å². The number of carboxylic acid groups (broad SMARTS) is 1. The standard InChI is InChI=1S/C11H15NO5/c1-3-4-5-6-9(11(15)16)12-10(14)7-17-8(2)13/h1,9H,4-7H2,2H3,(H,12,14)(H,15,16)/t9-/m0/s1. The Bertz CT molecular complexity index is 331. The number of ether oxygens (including phenoxy) is 1. The van der Waals surface area contributed by atoms with Crippen molar-refractivity contribution >= 4 is 17.8 Å². The highest BCUT2D eigenvalue weighted by Gasteiger charge is 2.19. The molecular formula is C11H15NO5. The van der Waals surface area contributed by atoms with Crippen LogP contribution in [0.25, 0.3) is 0 Å². The van der Waals surface area contributed by atoms with E-state index in [0.29, 0.717) is 12.8 Å². The first-order valence-electron chi connectivity index (χ1n) is 5.06. The molecule has 94 valence electrons. The van der Waals surface area contributed by atoms with Gasteiger partial charge in [0.25, 0.3) is 5.91 Å². The molecule has 0 rings (SSSR count). The van der Waals surface area contributed by atoms with Gasteiger partial charge in [0.2, 0.25) is 0 Å². The van der Waals surface area contributed by atoms with Gasteiger partial charge in [0, 0.05) is 13.3 Å². The molecule has 0 aromatic heterocycles. The van der Waals surface area contributed by atoms with Gasteiger partial charge in [-0.3, -0.25) is 9.59 Å². The molecule has 0 aliphatic carbocycles. The van der Waals surface area contributed by atoms with E-state index >= 15 is 0 Å². The van der Waals surface area contributed by atoms with E-state index < -0.39 is 30.5 Å². The lowest BCUT2D eigenvalue weighted by Gasteiger charge is -2.13. The molecule has 0 fully saturated rings. The summed E-state index contributed by atoms with van der Waals surface area (Å²) in [5.74, 6) is -0.00305. The van der Waals surface area contributed by atoms with Gasteiger partial charge >= 0.3 is 11.9 Å². The quantitative estimate of drug-likeness (QED) is 0.369. The van der Waals surface area contributed by atoms with Crippen molar-refractivity contribution in [2.45, 2.75) is 32.2 Å². The first-order valence-corrected chi connectivity index (χ1v) is 5.06. The first kappa shape index (κ1) is 15.0. The summed E-state index contributed by atoms with van der Waals surface area (Å²) in [5.41, 5.74) is 0. The average molecular weight is 241 g/mol. The van der Waals surface area contributed by atoms with Crippen LogP contribution in [0.4, 0.5) is 0 Å². The van der Waals surface area contributed by atoms with Crippen LogP contribution in [0, 0.1) is 12.3 Å². The molecule has 0 saturated carbocycles. The number of rotatable bonds is 7. The third kappa shape index (κ3) is 7.85. The van der Waals surface area contributed by atoms with E-state index in [4.69, 9.17) is 11.5 Å². The van der Waals surface area contributed by atoms with E-state index in [0.717, 1.165) is 6.92 Å². The van der Waals surface area contributed by atoms with Crippen molar-refractivity contribution in [1.82, 2.24) is 5.32 Å². The van der Waals surface area contributed by atoms with Gasteiger partial charge in [-0.1, -0.05) is 0 Å². The molecule has 0 saturated heterocycles. The fraction of sp³-hybridized carbons (Fsp3) is 0.545. The molecule has 0 heterocycles. The second-order valence-corrected chi connectivity index (χ2v) is 3.33. The average Bonchev–Trinajstić information content (AvgIpc) is 2.25. The minimum atomic E-state index is -1.14. The van der Waals surface area contributed by atoms with E-state index in [1.165, 1.54) is 0 Å². The largest absolute Gasteiger partial charge is 0.480 e. The van der Waals surface area contributed by atoms with Crippen molar-refractivity contribution < 1.29 is 24.2 Å². The normalized spacial score (nSPS) is 11.1. The number of carboxylic acids is 1. The predicted octanol–water partition coefficient (Wildman–Crippen LogP) is -0.0776. The number of unbranched alkanes of at least 4 members (excludes halogenated alkanes) is 1. The smallest absolute Gasteiger partial charge is 0.326 e. The van der Waals surface area contributed by atoms with Crippen LogP contribution in [0.15, 0.2) is 0 Å². The SMILES string of the molecule is C#CCCC[C@H](NC(=O)COC(C)=O)C(=O)O. The van der Waals surface area contributed by atoms with Gasteiger partial charge < -0.3 is 15.2 Å². The fourth-order valence-corrected chi connectivity index (χ4v) is 1.07. The lowest BCUT2D eigenvalue weighted by Crippen LogP contribution is -2.42. The van der Waals surface area contributed by atoms with E-state index in [9.17, 15) is 14.4 Å². The monoisotopic (exact) mass is 241 g/mol. The van der Waals surface area contributed by atoms with Crippen LogP contribution in [-0.4, -0.2) is 35.6 Å². The minimum Gasteiger partial charge on any atom is -0.480 e. The Balaban J connectivity index is 4.07. The summed E-state index contributed by atoms with van der Waals surface area (Å²) in [7, 11) is 0. The van der Waals surface area contributed by atoms with E-state index in [-0.39, 0.29) is 6.42 Å². The third-order valence-electron chi connectivity index (χ3n) is 1.85. The van der Waals surface area contributed by atoms with Crippen LogP contribution >= 0.6 is 0 Å². The summed E-state index contributed by atoms with van der Waals surface area (Å²) in [4.78, 5) is 32.4. The number of carbonyl (C=O) groups is 3. The fourth-order valence-electron chi connectivity index (χ4n) is 1.07. The molecule has 0 aliphatic heterocycles. The maximum atomic E-state index is 11.2. The summed E-state index contributed by atoms with van der Waals surface area (Å²) >= 11 is 0. The number of esters is 1. The van der Waals surface area contributed by atoms with E-state index in [1.807, 2.05) is 0 Å². The molecule has 6 heteroatoms. The zero-order valence-corrected chi connectivity index (χ0v) is 9.56. The third-order valence-corrected chi connectivity index (χ3v) is 1.85. The van der Waals surface area contributed by atoms with Crippen LogP contribution in [0.3, 0.4) is 0 Å². The van der Waals surface area contributed by atoms with Crippen molar-refractivity contribution in [2.24, 2.45) is 0 Å². The van der Waals surface area contributed by atoms with Crippen molar-refractivity contribution in [3.8, 4) is 12.3 Å². The highest BCUT2D eigenvalue weighted by molar-refractivity contribution is 5.85. The number of amides is 1. The van der Waals surface area contributed by atoms with Gasteiger partial charge in [0.05, 0.1) is 0 Å². The molecule has 0 aromatic rings. The summed E-state index contributed by atoms with van der Waals surface area (Å²) in [6.07, 6.45) is 6.22. The van der Waals surface area contributed by atoms with Crippen LogP contribution in [0.1, 0.15) is 26.2 Å². The van der Waals surface area contributed by atoms with Crippen molar-refractivity contribution in [2.75, 3.05) is 6.61 Å². The molecule has 0 spiro atoms. The van der Waals surface area contributed by atoms with Crippen LogP contribution in [-0.2, 0) is 19.1 Å². The molecule has 1 amide bonds. The lowest BCUT2D eigenvalue weighted by atomic mass is 10.1. The highest BCUT2D eigenvalue weighted by atomic mass is 16.5. The Morgan fingerprint density at radius 2 is 2.12 bits per heavy atom. The number of aliphatic carboxylic acids is 1. The van der Waals surface area contributed by atoms with Crippen molar-refractivity contribution in [3.05, 3.63) is 0 Å². The molecule has 2 N–H and O–H groups in total. The lowest BCUT2D eigenvalue weighted by molar-refractivity contribution is -0.148. The molecule has 17 heavy (non-hydrogen) atoms. The van der Waals surface area contributed by atoms with Crippen LogP contribution in [0.2, 0.25) is 0 Å². The van der Waals surface area contributed by atoms with Crippen molar-refractivity contribution in [3.63, 3.8) is 0 Å². The maximum Gasteiger partial charge on any atom is 0.326 e. The summed E-state index contributed by atoms with van der Waals surface area (Å²) in [6, 6.07) is -1.01. The Hall–Kier alpha value is -2.03. The van der Waals surface area contributed by atoms with Gasteiger partial charge in [0.1, 0.15) is 6.04 Å². The summed E-state index contributed by atoms with van der Waals surface area (Å²) in [6.45, 7) is 0.684. The molecule has 0 unspecified atom stereocenters. The molecule has 1 atom stereocenters. The van der Waals surface area contributed by atoms with Crippen LogP contribution in [0.5, 0.6) is 0 Å². The Kier molecular flexibility index (Phi) is 7.19. The van der Waals surface area contributed by atoms with E-state index in [2.05, 4.69) is 16.0 Å². The highest BCUT2D eigenvalue weighted by Crippen LogP contribution is 2.00. The zero-order valence-electron chi connectivity index (χ0n) is 9.56. The Morgan fingerprint density at radius 3 is 2.59 bits per heavy atom. The predicted molar refractivity (Wildman–Crippen MR) is 58.9 cm³/mol. The van der Waals surface area contributed by atoms with E-state index in [1.54, 1.807) is 0 Å². The van der Waals surface area contributed by atoms with Crippen molar-refractivity contribution in [1.29, 1.82) is 0 Å². The molecule has 0 aromatic carbocycles. The van der Waals surface area contributed by atoms with Gasteiger partial charge in [-0.25, -0.2) is 4.79 Å². The van der Waals surface area contributed by atoms with Gasteiger partial charge in [-0.2, -0.15) is 0 Å². The van der Waals surface area contributed by atoms with Crippen LogP contribution < -0.4 is 5.32 Å². The minimum absolute atomic E-state index is 0.241. The molecular weight excluding hydrogens is 226 g/mol. The molecule has 6 nitrogen and oxygen atoms in total. The second-order valence-electron chi connectivity index (χ2n) is 3.33. The van der Waals surface area contributed by atoms with Gasteiger partial charge in [-0.05, 0) is 12.8 Å². The second kappa shape index (κ2) is 8.16. The number of nitrogens with one attached hydrogen (secondary N) is 1. The Labute approximate surface area is 99.3 Å². The number of hydrogen-bond donors (Lipinski definition) is 2. The number of carbonyl (C=O) groups excluding carboxylic acids is 2. The molecule has 0 aliphatic rings. The topological polar surface area (TPSA) is 92.7 Å². The Morgan fingerprint density at radius 1 is 1.47 bits per heavy atom.